The summed E-state index contributed by atoms with van der Waals surface area (Å²) in [6.45, 7) is 0. The van der Waals surface area contributed by atoms with Crippen molar-refractivity contribution in [1.29, 1.82) is 0 Å². The van der Waals surface area contributed by atoms with Crippen LogP contribution in [0.5, 0.6) is 0 Å². The van der Waals surface area contributed by atoms with Crippen LogP contribution in [-0.4, -0.2) is 9.79 Å². The molecule has 2 rings (SSSR count). The second-order valence-electron chi connectivity index (χ2n) is 3.76. The first-order valence-electron chi connectivity index (χ1n) is 5.41. The number of benzene rings is 2. The van der Waals surface area contributed by atoms with Gasteiger partial charge in [-0.2, -0.15) is 0 Å². The number of hydrogen-bond acceptors (Lipinski definition) is 3. The predicted octanol–water partition coefficient (Wildman–Crippen LogP) is 2.02. The highest BCUT2D eigenvalue weighted by Crippen LogP contribution is 2.28. The van der Waals surface area contributed by atoms with Crippen LogP contribution in [-0.2, 0) is 9.13 Å². The second kappa shape index (κ2) is 6.56. The maximum Gasteiger partial charge on any atom is 0.218 e. The van der Waals surface area contributed by atoms with Gasteiger partial charge in [-0.25, -0.2) is 0 Å². The molecule has 2 aromatic rings. The molecule has 0 radical (unpaired) electrons. The summed E-state index contributed by atoms with van der Waals surface area (Å²) in [5.41, 5.74) is 0. The number of hydrogen-bond donors (Lipinski definition) is 2. The normalized spacial score (nSPS) is 14.0. The first-order valence-corrected chi connectivity index (χ1v) is 8.93. The molecule has 0 fully saturated rings. The van der Waals surface area contributed by atoms with Gasteiger partial charge in [0, 0.05) is 20.4 Å². The molecule has 19 heavy (non-hydrogen) atoms. The average molecular weight is 314 g/mol. The van der Waals surface area contributed by atoms with Crippen molar-refractivity contribution in [2.45, 2.75) is 9.79 Å². The van der Waals surface area contributed by atoms with Gasteiger partial charge in [0.05, 0.1) is 0 Å². The van der Waals surface area contributed by atoms with Crippen LogP contribution in [0.1, 0.15) is 0 Å². The Hall–Kier alpha value is -0.830. The highest BCUT2D eigenvalue weighted by molar-refractivity contribution is 7.99. The fourth-order valence-electron chi connectivity index (χ4n) is 1.47. The van der Waals surface area contributed by atoms with E-state index in [4.69, 9.17) is 9.79 Å². The summed E-state index contributed by atoms with van der Waals surface area (Å²) in [6.07, 6.45) is 0. The van der Waals surface area contributed by atoms with Crippen molar-refractivity contribution in [2.24, 2.45) is 0 Å². The number of rotatable bonds is 4. The van der Waals surface area contributed by atoms with E-state index in [0.29, 0.717) is 10.6 Å². The third-order valence-electron chi connectivity index (χ3n) is 2.44. The zero-order chi connectivity index (χ0) is 13.8. The molecule has 2 unspecified atom stereocenters. The van der Waals surface area contributed by atoms with Crippen molar-refractivity contribution < 1.29 is 18.9 Å². The highest BCUT2D eigenvalue weighted by Gasteiger charge is 2.02. The summed E-state index contributed by atoms with van der Waals surface area (Å²) in [6, 6.07) is 13.6. The van der Waals surface area contributed by atoms with Crippen molar-refractivity contribution in [1.82, 2.24) is 0 Å². The van der Waals surface area contributed by atoms with Gasteiger partial charge < -0.3 is 9.79 Å². The minimum absolute atomic E-state index is 0.434. The zero-order valence-electron chi connectivity index (χ0n) is 9.74. The molecule has 0 spiro atoms. The molecule has 2 atom stereocenters. The molecule has 0 aliphatic carbocycles. The van der Waals surface area contributed by atoms with Gasteiger partial charge in [-0.15, -0.1) is 0 Å². The maximum absolute atomic E-state index is 10.9. The molecule has 0 aromatic heterocycles. The third-order valence-corrected chi connectivity index (χ3v) is 5.11. The van der Waals surface area contributed by atoms with Gasteiger partial charge in [0.2, 0.25) is 16.1 Å². The van der Waals surface area contributed by atoms with E-state index in [2.05, 4.69) is 0 Å². The van der Waals surface area contributed by atoms with E-state index < -0.39 is 16.1 Å². The van der Waals surface area contributed by atoms with Gasteiger partial charge >= 0.3 is 0 Å². The summed E-state index contributed by atoms with van der Waals surface area (Å²) < 4.78 is 21.8. The van der Waals surface area contributed by atoms with Crippen molar-refractivity contribution in [3.63, 3.8) is 0 Å². The van der Waals surface area contributed by atoms with Gasteiger partial charge in [-0.1, -0.05) is 11.8 Å². The zero-order valence-corrected chi connectivity index (χ0v) is 12.6. The van der Waals surface area contributed by atoms with Crippen LogP contribution in [0, 0.1) is 0 Å². The SMILES string of the molecule is O=[PH](O)c1ccc(Sc2ccc([PH](=O)O)cc2)cc1. The smallest absolute Gasteiger partial charge is 0.218 e. The van der Waals surface area contributed by atoms with E-state index in [1.54, 1.807) is 48.5 Å². The lowest BCUT2D eigenvalue weighted by atomic mass is 10.4. The van der Waals surface area contributed by atoms with Gasteiger partial charge in [-0.3, -0.25) is 9.13 Å². The predicted molar refractivity (Wildman–Crippen MR) is 78.7 cm³/mol. The van der Waals surface area contributed by atoms with Crippen molar-refractivity contribution in [3.8, 4) is 0 Å². The van der Waals surface area contributed by atoms with Crippen molar-refractivity contribution in [3.05, 3.63) is 48.5 Å². The minimum Gasteiger partial charge on any atom is -0.343 e. The Balaban J connectivity index is 2.12. The quantitative estimate of drug-likeness (QED) is 0.845. The lowest BCUT2D eigenvalue weighted by Crippen LogP contribution is -1.94. The Labute approximate surface area is 116 Å². The van der Waals surface area contributed by atoms with Crippen LogP contribution >= 0.6 is 27.8 Å². The Morgan fingerprint density at radius 1 is 0.684 bits per heavy atom. The first kappa shape index (κ1) is 14.6. The molecule has 0 heterocycles. The van der Waals surface area contributed by atoms with Crippen LogP contribution in [0.25, 0.3) is 0 Å². The Morgan fingerprint density at radius 2 is 1.00 bits per heavy atom. The Morgan fingerprint density at radius 3 is 1.26 bits per heavy atom. The largest absolute Gasteiger partial charge is 0.343 e. The van der Waals surface area contributed by atoms with E-state index in [9.17, 15) is 9.13 Å². The van der Waals surface area contributed by atoms with E-state index in [-0.39, 0.29) is 0 Å². The average Bonchev–Trinajstić information content (AvgIpc) is 2.40. The van der Waals surface area contributed by atoms with Crippen LogP contribution in [0.3, 0.4) is 0 Å². The molecule has 0 saturated carbocycles. The summed E-state index contributed by atoms with van der Waals surface area (Å²) in [5.74, 6) is 0. The van der Waals surface area contributed by atoms with Gasteiger partial charge in [0.25, 0.3) is 0 Å². The second-order valence-corrected chi connectivity index (χ2v) is 7.28. The molecule has 0 aliphatic rings. The molecule has 0 aliphatic heterocycles. The Kier molecular flexibility index (Phi) is 5.03. The first-order chi connectivity index (χ1) is 9.06. The summed E-state index contributed by atoms with van der Waals surface area (Å²) in [4.78, 5) is 19.8. The van der Waals surface area contributed by atoms with Crippen LogP contribution in [0.2, 0.25) is 0 Å². The highest BCUT2D eigenvalue weighted by atomic mass is 32.2. The molecule has 2 N–H and O–H groups in total. The van der Waals surface area contributed by atoms with E-state index in [1.165, 1.54) is 11.8 Å². The topological polar surface area (TPSA) is 74.6 Å². The Bertz CT molecular complexity index is 555. The third kappa shape index (κ3) is 4.07. The van der Waals surface area contributed by atoms with Crippen LogP contribution in [0.4, 0.5) is 0 Å². The summed E-state index contributed by atoms with van der Waals surface area (Å²) in [5, 5.41) is 0.868. The van der Waals surface area contributed by atoms with Gasteiger partial charge in [0.1, 0.15) is 0 Å². The summed E-state index contributed by atoms with van der Waals surface area (Å²) in [7, 11) is -5.27. The molecular formula is C12H12O4P2S. The lowest BCUT2D eigenvalue weighted by molar-refractivity contribution is 0.512. The molecule has 7 heteroatoms. The lowest BCUT2D eigenvalue weighted by Gasteiger charge is -2.03. The molecular weight excluding hydrogens is 302 g/mol. The van der Waals surface area contributed by atoms with Crippen molar-refractivity contribution >= 4 is 38.4 Å². The summed E-state index contributed by atoms with van der Waals surface area (Å²) >= 11 is 1.48. The molecule has 4 nitrogen and oxygen atoms in total. The monoisotopic (exact) mass is 314 g/mol. The molecule has 0 saturated heterocycles. The van der Waals surface area contributed by atoms with E-state index in [0.717, 1.165) is 9.79 Å². The minimum atomic E-state index is -2.63. The van der Waals surface area contributed by atoms with E-state index in [1.807, 2.05) is 0 Å². The van der Waals surface area contributed by atoms with Gasteiger partial charge in [-0.05, 0) is 48.5 Å². The van der Waals surface area contributed by atoms with Crippen molar-refractivity contribution in [2.75, 3.05) is 0 Å². The van der Waals surface area contributed by atoms with Gasteiger partial charge in [0.15, 0.2) is 0 Å². The van der Waals surface area contributed by atoms with E-state index >= 15 is 0 Å². The van der Waals surface area contributed by atoms with Crippen LogP contribution in [0.15, 0.2) is 58.3 Å². The fourth-order valence-corrected chi connectivity index (χ4v) is 3.19. The molecule has 100 valence electrons. The molecule has 0 amide bonds. The van der Waals surface area contributed by atoms with Crippen LogP contribution < -0.4 is 10.6 Å². The molecule has 0 bridgehead atoms. The fraction of sp³-hybridized carbons (Fsp3) is 0. The standard InChI is InChI=1S/C12H12O4P2S/c13-17(14)9-1-5-11(6-2-9)19-12-7-3-10(4-8-12)18(15)16/h1-8,17-18H,(H,13,14)(H,15,16). The molecule has 2 aromatic carbocycles. The maximum atomic E-state index is 10.9.